The second kappa shape index (κ2) is 9.82. The number of hydrogen-bond donors (Lipinski definition) is 1. The first-order chi connectivity index (χ1) is 12.1. The van der Waals surface area contributed by atoms with E-state index in [1.165, 1.54) is 36.7 Å². The van der Waals surface area contributed by atoms with Crippen LogP contribution in [0.3, 0.4) is 0 Å². The van der Waals surface area contributed by atoms with E-state index in [1.807, 2.05) is 4.57 Å². The first-order valence-corrected chi connectivity index (χ1v) is 9.90. The molecular weight excluding hydrogens is 340 g/mol. The van der Waals surface area contributed by atoms with E-state index in [1.54, 1.807) is 25.9 Å². The first kappa shape index (κ1) is 19.8. The maximum atomic E-state index is 12.2. The average molecular weight is 369 g/mol. The van der Waals surface area contributed by atoms with Gasteiger partial charge in [-0.3, -0.25) is 14.3 Å². The van der Waals surface area contributed by atoms with Crippen LogP contribution in [0.4, 0.5) is 0 Å². The zero-order valence-electron chi connectivity index (χ0n) is 15.3. The third-order valence-electron chi connectivity index (χ3n) is 4.22. The number of hydrogen-bond acceptors (Lipinski definition) is 5. The van der Waals surface area contributed by atoms with Crippen molar-refractivity contribution in [2.24, 2.45) is 7.05 Å². The van der Waals surface area contributed by atoms with Crippen molar-refractivity contribution < 1.29 is 4.74 Å². The van der Waals surface area contributed by atoms with Crippen LogP contribution in [0.25, 0.3) is 11.2 Å². The topological polar surface area (TPSA) is 81.9 Å². The number of ether oxygens (including phenoxy) is 1. The van der Waals surface area contributed by atoms with Gasteiger partial charge in [0, 0.05) is 26.5 Å². The molecule has 0 unspecified atom stereocenters. The zero-order valence-corrected chi connectivity index (χ0v) is 16.2. The molecule has 0 amide bonds. The second-order valence-electron chi connectivity index (χ2n) is 6.15. The van der Waals surface area contributed by atoms with Gasteiger partial charge in [-0.1, -0.05) is 50.8 Å². The smallest absolute Gasteiger partial charge is 0.329 e. The van der Waals surface area contributed by atoms with Crippen molar-refractivity contribution in [3.05, 3.63) is 20.8 Å². The van der Waals surface area contributed by atoms with Crippen LogP contribution < -0.4 is 11.2 Å². The highest BCUT2D eigenvalue weighted by molar-refractivity contribution is 7.99. The number of unbranched alkanes of at least 4 members (excludes halogenated alkanes) is 5. The standard InChI is InChI=1S/C17H28N4O3S/c1-4-5-6-7-8-9-12-25-17-18-14-13(21(17)10-11-24-3)15(22)19-16(23)20(14)2/h4-12H2,1-3H3,(H,19,22,23). The van der Waals surface area contributed by atoms with Crippen LogP contribution in [0.1, 0.15) is 45.4 Å². The largest absolute Gasteiger partial charge is 0.383 e. The summed E-state index contributed by atoms with van der Waals surface area (Å²) in [5.74, 6) is 0.953. The Labute approximate surface area is 151 Å². The van der Waals surface area contributed by atoms with Crippen LogP contribution in [0.5, 0.6) is 0 Å². The number of aryl methyl sites for hydroxylation is 1. The molecule has 2 rings (SSSR count). The quantitative estimate of drug-likeness (QED) is 0.487. The summed E-state index contributed by atoms with van der Waals surface area (Å²) >= 11 is 1.64. The summed E-state index contributed by atoms with van der Waals surface area (Å²) in [7, 11) is 3.25. The fraction of sp³-hybridized carbons (Fsp3) is 0.706. The number of imidazole rings is 1. The lowest BCUT2D eigenvalue weighted by Gasteiger charge is -2.07. The minimum absolute atomic E-state index is 0.395. The Hall–Kier alpha value is -1.54. The van der Waals surface area contributed by atoms with E-state index in [2.05, 4.69) is 16.9 Å². The van der Waals surface area contributed by atoms with Gasteiger partial charge < -0.3 is 9.30 Å². The maximum absolute atomic E-state index is 12.2. The molecule has 7 nitrogen and oxygen atoms in total. The minimum Gasteiger partial charge on any atom is -0.383 e. The predicted molar refractivity (Wildman–Crippen MR) is 102 cm³/mol. The van der Waals surface area contributed by atoms with E-state index in [-0.39, 0.29) is 0 Å². The molecule has 0 radical (unpaired) electrons. The van der Waals surface area contributed by atoms with E-state index in [0.29, 0.717) is 24.3 Å². The van der Waals surface area contributed by atoms with Crippen LogP contribution in [-0.2, 0) is 18.3 Å². The van der Waals surface area contributed by atoms with Crippen molar-refractivity contribution in [3.8, 4) is 0 Å². The molecule has 0 aromatic carbocycles. The van der Waals surface area contributed by atoms with E-state index in [4.69, 9.17) is 4.74 Å². The Bertz CT molecular complexity index is 794. The zero-order chi connectivity index (χ0) is 18.2. The fourth-order valence-electron chi connectivity index (χ4n) is 2.76. The van der Waals surface area contributed by atoms with Gasteiger partial charge in [0.15, 0.2) is 16.3 Å². The molecule has 1 N–H and O–H groups in total. The average Bonchev–Trinajstić information content (AvgIpc) is 2.96. The molecule has 2 heterocycles. The van der Waals surface area contributed by atoms with Crippen LogP contribution in [0, 0.1) is 0 Å². The fourth-order valence-corrected chi connectivity index (χ4v) is 3.78. The molecule has 25 heavy (non-hydrogen) atoms. The highest BCUT2D eigenvalue weighted by Crippen LogP contribution is 2.23. The number of methoxy groups -OCH3 is 1. The van der Waals surface area contributed by atoms with Gasteiger partial charge in [-0.25, -0.2) is 9.78 Å². The number of aromatic amines is 1. The Morgan fingerprint density at radius 2 is 1.88 bits per heavy atom. The minimum atomic E-state index is -0.443. The molecule has 2 aromatic heterocycles. The Morgan fingerprint density at radius 3 is 2.60 bits per heavy atom. The first-order valence-electron chi connectivity index (χ1n) is 8.91. The summed E-state index contributed by atoms with van der Waals surface area (Å²) in [6, 6.07) is 0. The Balaban J connectivity index is 2.15. The summed E-state index contributed by atoms with van der Waals surface area (Å²) in [5, 5.41) is 0.771. The Morgan fingerprint density at radius 1 is 1.16 bits per heavy atom. The summed E-state index contributed by atoms with van der Waals surface area (Å²) in [5.41, 5.74) is 0.0226. The molecule has 0 saturated heterocycles. The molecule has 140 valence electrons. The molecule has 0 aliphatic carbocycles. The molecule has 2 aromatic rings. The lowest BCUT2D eigenvalue weighted by Crippen LogP contribution is -2.29. The highest BCUT2D eigenvalue weighted by atomic mass is 32.2. The maximum Gasteiger partial charge on any atom is 0.329 e. The lowest BCUT2D eigenvalue weighted by atomic mass is 10.1. The molecule has 0 saturated carbocycles. The van der Waals surface area contributed by atoms with Gasteiger partial charge in [0.05, 0.1) is 6.61 Å². The van der Waals surface area contributed by atoms with Gasteiger partial charge >= 0.3 is 5.69 Å². The molecule has 0 bridgehead atoms. The van der Waals surface area contributed by atoms with Crippen LogP contribution in [0.2, 0.25) is 0 Å². The van der Waals surface area contributed by atoms with Crippen LogP contribution in [-0.4, -0.2) is 38.6 Å². The van der Waals surface area contributed by atoms with Crippen molar-refractivity contribution in [1.82, 2.24) is 19.1 Å². The predicted octanol–water partition coefficient (Wildman–Crippen LogP) is 2.52. The van der Waals surface area contributed by atoms with Gasteiger partial charge in [-0.05, 0) is 6.42 Å². The molecule has 0 atom stereocenters. The van der Waals surface area contributed by atoms with Crippen molar-refractivity contribution in [1.29, 1.82) is 0 Å². The number of nitrogens with one attached hydrogen (secondary N) is 1. The van der Waals surface area contributed by atoms with Gasteiger partial charge in [-0.2, -0.15) is 0 Å². The van der Waals surface area contributed by atoms with Gasteiger partial charge in [0.25, 0.3) is 5.56 Å². The molecule has 0 aliphatic heterocycles. The number of H-pyrrole nitrogens is 1. The summed E-state index contributed by atoms with van der Waals surface area (Å²) in [6.45, 7) is 3.24. The monoisotopic (exact) mass is 368 g/mol. The van der Waals surface area contributed by atoms with E-state index in [9.17, 15) is 9.59 Å². The molecular formula is C17H28N4O3S. The summed E-state index contributed by atoms with van der Waals surface area (Å²) in [4.78, 5) is 30.9. The number of rotatable bonds is 11. The van der Waals surface area contributed by atoms with Crippen molar-refractivity contribution >= 4 is 22.9 Å². The van der Waals surface area contributed by atoms with Crippen LogP contribution >= 0.6 is 11.8 Å². The highest BCUT2D eigenvalue weighted by Gasteiger charge is 2.17. The van der Waals surface area contributed by atoms with Gasteiger partial charge in [0.1, 0.15) is 0 Å². The summed E-state index contributed by atoms with van der Waals surface area (Å²) < 4.78 is 8.40. The number of aromatic nitrogens is 4. The third kappa shape index (κ3) is 4.98. The van der Waals surface area contributed by atoms with E-state index in [0.717, 1.165) is 17.3 Å². The molecule has 0 aliphatic rings. The second-order valence-corrected chi connectivity index (χ2v) is 7.21. The lowest BCUT2D eigenvalue weighted by molar-refractivity contribution is 0.186. The number of nitrogens with zero attached hydrogens (tertiary/aromatic N) is 3. The molecule has 8 heteroatoms. The van der Waals surface area contributed by atoms with Crippen molar-refractivity contribution in [3.63, 3.8) is 0 Å². The number of fused-ring (bicyclic) bond motifs is 1. The van der Waals surface area contributed by atoms with E-state index < -0.39 is 11.2 Å². The van der Waals surface area contributed by atoms with Crippen molar-refractivity contribution in [2.45, 2.75) is 57.1 Å². The third-order valence-corrected chi connectivity index (χ3v) is 5.28. The SMILES string of the molecule is CCCCCCCCSc1nc2c(c(=O)[nH]c(=O)n2C)n1CCOC. The molecule has 0 spiro atoms. The normalized spacial score (nSPS) is 11.5. The van der Waals surface area contributed by atoms with Gasteiger partial charge in [-0.15, -0.1) is 0 Å². The summed E-state index contributed by atoms with van der Waals surface area (Å²) in [6.07, 6.45) is 7.46. The Kier molecular flexibility index (Phi) is 7.77. The molecule has 0 fully saturated rings. The number of thioether (sulfide) groups is 1. The van der Waals surface area contributed by atoms with Crippen LogP contribution in [0.15, 0.2) is 14.7 Å². The van der Waals surface area contributed by atoms with Crippen molar-refractivity contribution in [2.75, 3.05) is 19.5 Å². The van der Waals surface area contributed by atoms with E-state index >= 15 is 0 Å². The van der Waals surface area contributed by atoms with Gasteiger partial charge in [0.2, 0.25) is 0 Å².